The highest BCUT2D eigenvalue weighted by Crippen LogP contribution is 2.24. The fraction of sp³-hybridized carbons (Fsp3) is 0. The van der Waals surface area contributed by atoms with Crippen LogP contribution in [0.5, 0.6) is 0 Å². The Morgan fingerprint density at radius 1 is 1.00 bits per heavy atom. The Labute approximate surface area is 109 Å². The number of fused-ring (bicyclic) bond motifs is 1. The summed E-state index contributed by atoms with van der Waals surface area (Å²) in [6.07, 6.45) is 1.93. The van der Waals surface area contributed by atoms with Gasteiger partial charge in [0, 0.05) is 5.70 Å². The number of hydrogen-bond donors (Lipinski definition) is 1. The van der Waals surface area contributed by atoms with Gasteiger partial charge in [-0.15, -0.1) is 11.3 Å². The van der Waals surface area contributed by atoms with Crippen LogP contribution in [0.4, 0.5) is 0 Å². The van der Waals surface area contributed by atoms with Crippen molar-refractivity contribution < 1.29 is 0 Å². The van der Waals surface area contributed by atoms with Gasteiger partial charge in [-0.05, 0) is 23.8 Å². The number of hydrogen-bond acceptors (Lipinski definition) is 3. The highest BCUT2D eigenvalue weighted by Gasteiger charge is 2.02. The third-order valence-corrected chi connectivity index (χ3v) is 3.68. The van der Waals surface area contributed by atoms with Crippen molar-refractivity contribution >= 4 is 33.3 Å². The normalized spacial score (nSPS) is 11.9. The maximum atomic E-state index is 6.08. The fourth-order valence-corrected chi connectivity index (χ4v) is 2.72. The summed E-state index contributed by atoms with van der Waals surface area (Å²) in [5.41, 5.74) is 8.87. The number of benzene rings is 2. The Morgan fingerprint density at radius 2 is 1.72 bits per heavy atom. The van der Waals surface area contributed by atoms with Crippen LogP contribution in [-0.4, -0.2) is 4.98 Å². The zero-order valence-corrected chi connectivity index (χ0v) is 10.5. The van der Waals surface area contributed by atoms with Gasteiger partial charge in [0.25, 0.3) is 0 Å². The van der Waals surface area contributed by atoms with Crippen molar-refractivity contribution in [2.75, 3.05) is 0 Å². The molecule has 0 radical (unpaired) electrons. The zero-order valence-electron chi connectivity index (χ0n) is 9.71. The number of aromatic nitrogens is 1. The number of nitrogens with zero attached hydrogens (tertiary/aromatic N) is 1. The number of rotatable bonds is 2. The monoisotopic (exact) mass is 252 g/mol. The summed E-state index contributed by atoms with van der Waals surface area (Å²) in [7, 11) is 0. The first-order chi connectivity index (χ1) is 8.83. The van der Waals surface area contributed by atoms with E-state index in [0.717, 1.165) is 21.8 Å². The standard InChI is InChI=1S/C15H12N2S/c16-12(11-6-2-1-3-7-11)10-15-17-13-8-4-5-9-14(13)18-15/h1-10H,16H2/b12-10-. The van der Waals surface area contributed by atoms with Gasteiger partial charge in [0.05, 0.1) is 10.2 Å². The average molecular weight is 252 g/mol. The largest absolute Gasteiger partial charge is 0.398 e. The summed E-state index contributed by atoms with van der Waals surface area (Å²) >= 11 is 1.65. The van der Waals surface area contributed by atoms with Gasteiger partial charge in [0.1, 0.15) is 5.01 Å². The van der Waals surface area contributed by atoms with Crippen molar-refractivity contribution in [2.24, 2.45) is 5.73 Å². The van der Waals surface area contributed by atoms with Gasteiger partial charge in [-0.25, -0.2) is 4.98 Å². The summed E-state index contributed by atoms with van der Waals surface area (Å²) in [5, 5.41) is 0.942. The molecule has 88 valence electrons. The molecule has 0 aliphatic carbocycles. The molecular formula is C15H12N2S. The summed E-state index contributed by atoms with van der Waals surface area (Å²) < 4.78 is 1.18. The number of thiazole rings is 1. The van der Waals surface area contributed by atoms with E-state index >= 15 is 0 Å². The minimum Gasteiger partial charge on any atom is -0.398 e. The molecule has 3 aromatic rings. The fourth-order valence-electron chi connectivity index (χ4n) is 1.80. The van der Waals surface area contributed by atoms with Gasteiger partial charge in [-0.1, -0.05) is 42.5 Å². The summed E-state index contributed by atoms with van der Waals surface area (Å²) in [5.74, 6) is 0. The molecule has 0 aliphatic rings. The molecule has 0 aliphatic heterocycles. The average Bonchev–Trinajstić information content (AvgIpc) is 2.82. The van der Waals surface area contributed by atoms with Crippen molar-refractivity contribution in [2.45, 2.75) is 0 Å². The van der Waals surface area contributed by atoms with Crippen LogP contribution in [0.2, 0.25) is 0 Å². The molecule has 1 aromatic heterocycles. The Balaban J connectivity index is 2.00. The summed E-state index contributed by atoms with van der Waals surface area (Å²) in [6.45, 7) is 0. The maximum Gasteiger partial charge on any atom is 0.119 e. The summed E-state index contributed by atoms with van der Waals surface area (Å²) in [6, 6.07) is 18.0. The first kappa shape index (κ1) is 11.0. The molecule has 0 bridgehead atoms. The van der Waals surface area contributed by atoms with E-state index in [1.807, 2.05) is 54.6 Å². The van der Waals surface area contributed by atoms with E-state index in [4.69, 9.17) is 5.73 Å². The SMILES string of the molecule is N/C(=C\c1nc2ccccc2s1)c1ccccc1. The minimum atomic E-state index is 0.745. The maximum absolute atomic E-state index is 6.08. The van der Waals surface area contributed by atoms with Crippen LogP contribution < -0.4 is 5.73 Å². The molecule has 0 saturated heterocycles. The lowest BCUT2D eigenvalue weighted by Gasteiger charge is -1.99. The molecular weight excluding hydrogens is 240 g/mol. The van der Waals surface area contributed by atoms with E-state index in [2.05, 4.69) is 11.1 Å². The Morgan fingerprint density at radius 3 is 2.50 bits per heavy atom. The second kappa shape index (κ2) is 4.63. The van der Waals surface area contributed by atoms with Crippen LogP contribution in [-0.2, 0) is 0 Å². The van der Waals surface area contributed by atoms with E-state index in [1.165, 1.54) is 4.70 Å². The van der Waals surface area contributed by atoms with Crippen LogP contribution in [0.3, 0.4) is 0 Å². The Bertz CT molecular complexity index is 666. The van der Waals surface area contributed by atoms with Crippen molar-refractivity contribution in [1.82, 2.24) is 4.98 Å². The Kier molecular flexibility index (Phi) is 2.82. The van der Waals surface area contributed by atoms with Gasteiger partial charge in [-0.3, -0.25) is 0 Å². The molecule has 1 heterocycles. The smallest absolute Gasteiger partial charge is 0.119 e. The van der Waals surface area contributed by atoms with Gasteiger partial charge >= 0.3 is 0 Å². The minimum absolute atomic E-state index is 0.745. The first-order valence-corrected chi connectivity index (χ1v) is 6.53. The van der Waals surface area contributed by atoms with Crippen molar-refractivity contribution in [3.63, 3.8) is 0 Å². The van der Waals surface area contributed by atoms with Crippen molar-refractivity contribution in [3.8, 4) is 0 Å². The summed E-state index contributed by atoms with van der Waals surface area (Å²) in [4.78, 5) is 4.54. The molecule has 18 heavy (non-hydrogen) atoms. The van der Waals surface area contributed by atoms with Gasteiger partial charge in [-0.2, -0.15) is 0 Å². The third kappa shape index (κ3) is 2.13. The van der Waals surface area contributed by atoms with Gasteiger partial charge < -0.3 is 5.73 Å². The van der Waals surface area contributed by atoms with Crippen molar-refractivity contribution in [3.05, 3.63) is 65.2 Å². The molecule has 2 aromatic carbocycles. The quantitative estimate of drug-likeness (QED) is 0.754. The number of nitrogens with two attached hydrogens (primary N) is 1. The van der Waals surface area contributed by atoms with E-state index < -0.39 is 0 Å². The van der Waals surface area contributed by atoms with Gasteiger partial charge in [0.15, 0.2) is 0 Å². The third-order valence-electron chi connectivity index (χ3n) is 2.70. The topological polar surface area (TPSA) is 38.9 Å². The van der Waals surface area contributed by atoms with Crippen LogP contribution in [0, 0.1) is 0 Å². The molecule has 0 amide bonds. The molecule has 0 saturated carbocycles. The number of para-hydroxylation sites is 1. The van der Waals surface area contributed by atoms with Gasteiger partial charge in [0.2, 0.25) is 0 Å². The molecule has 3 rings (SSSR count). The molecule has 0 unspecified atom stereocenters. The predicted molar refractivity (Wildman–Crippen MR) is 78.1 cm³/mol. The van der Waals surface area contributed by atoms with E-state index in [9.17, 15) is 0 Å². The molecule has 2 nitrogen and oxygen atoms in total. The van der Waals surface area contributed by atoms with E-state index in [0.29, 0.717) is 0 Å². The van der Waals surface area contributed by atoms with E-state index in [-0.39, 0.29) is 0 Å². The van der Waals surface area contributed by atoms with E-state index in [1.54, 1.807) is 11.3 Å². The molecule has 0 atom stereocenters. The molecule has 3 heteroatoms. The predicted octanol–water partition coefficient (Wildman–Crippen LogP) is 3.75. The van der Waals surface area contributed by atoms with Crippen LogP contribution in [0.15, 0.2) is 54.6 Å². The molecule has 0 spiro atoms. The molecule has 2 N–H and O–H groups in total. The highest BCUT2D eigenvalue weighted by atomic mass is 32.1. The zero-order chi connectivity index (χ0) is 12.4. The Hall–Kier alpha value is -2.13. The second-order valence-electron chi connectivity index (χ2n) is 3.99. The van der Waals surface area contributed by atoms with Crippen LogP contribution in [0.25, 0.3) is 22.0 Å². The lowest BCUT2D eigenvalue weighted by Crippen LogP contribution is -1.95. The van der Waals surface area contributed by atoms with Crippen molar-refractivity contribution in [1.29, 1.82) is 0 Å². The molecule has 0 fully saturated rings. The second-order valence-corrected chi connectivity index (χ2v) is 5.05. The lowest BCUT2D eigenvalue weighted by molar-refractivity contribution is 1.45. The first-order valence-electron chi connectivity index (χ1n) is 5.71. The van der Waals surface area contributed by atoms with Crippen LogP contribution >= 0.6 is 11.3 Å². The lowest BCUT2D eigenvalue weighted by atomic mass is 10.1. The highest BCUT2D eigenvalue weighted by molar-refractivity contribution is 7.19. The van der Waals surface area contributed by atoms with Crippen LogP contribution in [0.1, 0.15) is 10.6 Å².